The Morgan fingerprint density at radius 1 is 1.32 bits per heavy atom. The molecule has 0 aromatic heterocycles. The van der Waals surface area contributed by atoms with Gasteiger partial charge in [0, 0.05) is 6.04 Å². The summed E-state index contributed by atoms with van der Waals surface area (Å²) in [6.45, 7) is 10.4. The molecular weight excluding hydrogens is 242 g/mol. The largest absolute Gasteiger partial charge is 0.326 e. The van der Waals surface area contributed by atoms with Crippen molar-refractivity contribution in [1.29, 1.82) is 0 Å². The van der Waals surface area contributed by atoms with Gasteiger partial charge in [-0.05, 0) is 26.2 Å². The first-order valence-electron chi connectivity index (χ1n) is 7.19. The SMILES string of the molecule is CCCCC1(C)NC(=O)N(CNC(C)C(C)C)C1=O. The number of nitrogens with zero attached hydrogens (tertiary/aromatic N) is 1. The van der Waals surface area contributed by atoms with Crippen LogP contribution in [0.5, 0.6) is 0 Å². The van der Waals surface area contributed by atoms with E-state index in [1.165, 1.54) is 4.90 Å². The minimum Gasteiger partial charge on any atom is -0.323 e. The summed E-state index contributed by atoms with van der Waals surface area (Å²) >= 11 is 0. The van der Waals surface area contributed by atoms with E-state index in [0.29, 0.717) is 12.3 Å². The maximum atomic E-state index is 12.3. The summed E-state index contributed by atoms with van der Waals surface area (Å²) in [6, 6.07) is -0.0184. The van der Waals surface area contributed by atoms with E-state index < -0.39 is 5.54 Å². The lowest BCUT2D eigenvalue weighted by atomic mass is 9.95. The summed E-state index contributed by atoms with van der Waals surface area (Å²) in [5.74, 6) is 0.349. The molecule has 1 heterocycles. The van der Waals surface area contributed by atoms with Crippen molar-refractivity contribution in [1.82, 2.24) is 15.5 Å². The molecule has 0 aliphatic carbocycles. The topological polar surface area (TPSA) is 61.4 Å². The Balaban J connectivity index is 2.61. The summed E-state index contributed by atoms with van der Waals surface area (Å²) in [4.78, 5) is 25.5. The highest BCUT2D eigenvalue weighted by Crippen LogP contribution is 2.22. The van der Waals surface area contributed by atoms with Crippen LogP contribution in [0, 0.1) is 5.92 Å². The number of imide groups is 1. The normalized spacial score (nSPS) is 25.1. The number of hydrogen-bond acceptors (Lipinski definition) is 3. The number of unbranched alkanes of at least 4 members (excludes halogenated alkanes) is 1. The summed E-state index contributed by atoms with van der Waals surface area (Å²) in [6.07, 6.45) is 2.65. The van der Waals surface area contributed by atoms with Crippen LogP contribution in [0.3, 0.4) is 0 Å². The predicted molar refractivity (Wildman–Crippen MR) is 75.6 cm³/mol. The fourth-order valence-electron chi connectivity index (χ4n) is 2.06. The van der Waals surface area contributed by atoms with E-state index in [1.807, 2.05) is 6.92 Å². The van der Waals surface area contributed by atoms with Gasteiger partial charge in [-0.25, -0.2) is 9.69 Å². The van der Waals surface area contributed by atoms with E-state index in [1.54, 1.807) is 0 Å². The Bertz CT molecular complexity index is 344. The number of amides is 3. The maximum Gasteiger partial charge on any atom is 0.326 e. The van der Waals surface area contributed by atoms with Crippen LogP contribution in [0.2, 0.25) is 0 Å². The van der Waals surface area contributed by atoms with Crippen molar-refractivity contribution >= 4 is 11.9 Å². The summed E-state index contributed by atoms with van der Waals surface area (Å²) in [5.41, 5.74) is -0.726. The second-order valence-corrected chi connectivity index (χ2v) is 5.99. The van der Waals surface area contributed by atoms with Crippen molar-refractivity contribution in [2.24, 2.45) is 5.92 Å². The molecule has 2 atom stereocenters. The van der Waals surface area contributed by atoms with Gasteiger partial charge in [0.25, 0.3) is 5.91 Å². The average molecular weight is 269 g/mol. The lowest BCUT2D eigenvalue weighted by Gasteiger charge is -2.23. The lowest BCUT2D eigenvalue weighted by molar-refractivity contribution is -0.131. The lowest BCUT2D eigenvalue weighted by Crippen LogP contribution is -2.46. The van der Waals surface area contributed by atoms with Crippen LogP contribution in [0.25, 0.3) is 0 Å². The van der Waals surface area contributed by atoms with Gasteiger partial charge in [0.15, 0.2) is 0 Å². The molecule has 1 rings (SSSR count). The Morgan fingerprint density at radius 2 is 1.95 bits per heavy atom. The highest BCUT2D eigenvalue weighted by molar-refractivity contribution is 6.06. The molecule has 1 fully saturated rings. The highest BCUT2D eigenvalue weighted by Gasteiger charge is 2.46. The van der Waals surface area contributed by atoms with Crippen LogP contribution < -0.4 is 10.6 Å². The van der Waals surface area contributed by atoms with Crippen molar-refractivity contribution < 1.29 is 9.59 Å². The molecule has 0 radical (unpaired) electrons. The van der Waals surface area contributed by atoms with Crippen molar-refractivity contribution in [2.75, 3.05) is 6.67 Å². The summed E-state index contributed by atoms with van der Waals surface area (Å²) in [7, 11) is 0. The van der Waals surface area contributed by atoms with Crippen LogP contribution >= 0.6 is 0 Å². The zero-order chi connectivity index (χ0) is 14.6. The van der Waals surface area contributed by atoms with E-state index in [0.717, 1.165) is 12.8 Å². The molecule has 1 aliphatic rings. The van der Waals surface area contributed by atoms with E-state index in [4.69, 9.17) is 0 Å². The molecule has 3 amide bonds. The molecule has 0 saturated carbocycles. The molecule has 0 aromatic rings. The van der Waals surface area contributed by atoms with E-state index in [2.05, 4.69) is 38.3 Å². The summed E-state index contributed by atoms with van der Waals surface area (Å²) < 4.78 is 0. The van der Waals surface area contributed by atoms with Gasteiger partial charge in [-0.2, -0.15) is 0 Å². The Morgan fingerprint density at radius 3 is 2.47 bits per heavy atom. The van der Waals surface area contributed by atoms with Gasteiger partial charge in [-0.15, -0.1) is 0 Å². The van der Waals surface area contributed by atoms with Gasteiger partial charge >= 0.3 is 6.03 Å². The zero-order valence-electron chi connectivity index (χ0n) is 12.7. The van der Waals surface area contributed by atoms with Gasteiger partial charge in [0.1, 0.15) is 5.54 Å². The second kappa shape index (κ2) is 6.37. The monoisotopic (exact) mass is 269 g/mol. The molecule has 1 aliphatic heterocycles. The molecule has 19 heavy (non-hydrogen) atoms. The third-order valence-electron chi connectivity index (χ3n) is 3.95. The van der Waals surface area contributed by atoms with E-state index in [-0.39, 0.29) is 24.6 Å². The highest BCUT2D eigenvalue weighted by atomic mass is 16.2. The first-order valence-corrected chi connectivity index (χ1v) is 7.19. The fraction of sp³-hybridized carbons (Fsp3) is 0.857. The third-order valence-corrected chi connectivity index (χ3v) is 3.95. The standard InChI is InChI=1S/C14H27N3O2/c1-6-7-8-14(5)12(18)17(13(19)16-14)9-15-11(4)10(2)3/h10-11,15H,6-9H2,1-5H3,(H,16,19). The molecule has 110 valence electrons. The van der Waals surface area contributed by atoms with Gasteiger partial charge in [0.2, 0.25) is 0 Å². The fourth-order valence-corrected chi connectivity index (χ4v) is 2.06. The molecule has 0 aromatic carbocycles. The molecule has 5 nitrogen and oxygen atoms in total. The number of carbonyl (C=O) groups excluding carboxylic acids is 2. The number of hydrogen-bond donors (Lipinski definition) is 2. The van der Waals surface area contributed by atoms with Crippen LogP contribution in [-0.2, 0) is 4.79 Å². The van der Waals surface area contributed by atoms with Gasteiger partial charge < -0.3 is 5.32 Å². The molecular formula is C14H27N3O2. The second-order valence-electron chi connectivity index (χ2n) is 5.99. The van der Waals surface area contributed by atoms with Gasteiger partial charge in [-0.3, -0.25) is 10.1 Å². The Hall–Kier alpha value is -1.10. The quantitative estimate of drug-likeness (QED) is 0.696. The first-order chi connectivity index (χ1) is 8.81. The van der Waals surface area contributed by atoms with Crippen LogP contribution in [-0.4, -0.2) is 35.1 Å². The third kappa shape index (κ3) is 3.69. The minimum atomic E-state index is -0.726. The number of nitrogens with one attached hydrogen (secondary N) is 2. The van der Waals surface area contributed by atoms with Crippen LogP contribution in [0.4, 0.5) is 4.79 Å². The van der Waals surface area contributed by atoms with Gasteiger partial charge in [-0.1, -0.05) is 33.6 Å². The maximum absolute atomic E-state index is 12.3. The van der Waals surface area contributed by atoms with Crippen molar-refractivity contribution in [2.45, 2.75) is 65.5 Å². The minimum absolute atomic E-state index is 0.116. The number of carbonyl (C=O) groups is 2. The smallest absolute Gasteiger partial charge is 0.323 e. The average Bonchev–Trinajstić information content (AvgIpc) is 2.55. The first kappa shape index (κ1) is 16.0. The molecule has 2 unspecified atom stereocenters. The molecule has 2 N–H and O–H groups in total. The van der Waals surface area contributed by atoms with Crippen molar-refractivity contribution in [3.63, 3.8) is 0 Å². The van der Waals surface area contributed by atoms with Crippen molar-refractivity contribution in [3.8, 4) is 0 Å². The van der Waals surface area contributed by atoms with E-state index >= 15 is 0 Å². The molecule has 0 spiro atoms. The van der Waals surface area contributed by atoms with Crippen LogP contribution in [0.15, 0.2) is 0 Å². The molecule has 1 saturated heterocycles. The molecule has 0 bridgehead atoms. The van der Waals surface area contributed by atoms with Crippen LogP contribution in [0.1, 0.15) is 53.9 Å². The zero-order valence-corrected chi connectivity index (χ0v) is 12.7. The summed E-state index contributed by atoms with van der Waals surface area (Å²) in [5, 5.41) is 6.04. The Labute approximate surface area is 116 Å². The molecule has 5 heteroatoms. The van der Waals surface area contributed by atoms with Gasteiger partial charge in [0.05, 0.1) is 6.67 Å². The predicted octanol–water partition coefficient (Wildman–Crippen LogP) is 2.08. The van der Waals surface area contributed by atoms with Crippen molar-refractivity contribution in [3.05, 3.63) is 0 Å². The number of rotatable bonds is 7. The Kier molecular flexibility index (Phi) is 5.35. The van der Waals surface area contributed by atoms with E-state index in [9.17, 15) is 9.59 Å². The number of urea groups is 1.